The second kappa shape index (κ2) is 13.6. The molecular formula is C30H24N4O10. The minimum atomic E-state index is -2.57. The van der Waals surface area contributed by atoms with Crippen molar-refractivity contribution in [3.8, 4) is 0 Å². The summed E-state index contributed by atoms with van der Waals surface area (Å²) in [6.45, 7) is -1.45. The molecule has 4 aromatic heterocycles. The lowest BCUT2D eigenvalue weighted by molar-refractivity contribution is -0.247. The molecule has 0 bridgehead atoms. The number of aromatic nitrogens is 4. The molecule has 44 heavy (non-hydrogen) atoms. The van der Waals surface area contributed by atoms with E-state index >= 15 is 0 Å². The average molecular weight is 601 g/mol. The van der Waals surface area contributed by atoms with Crippen LogP contribution >= 0.6 is 0 Å². The molecule has 1 aliphatic heterocycles. The van der Waals surface area contributed by atoms with Gasteiger partial charge in [-0.05, 0) is 48.5 Å². The molecular weight excluding hydrogens is 576 g/mol. The minimum absolute atomic E-state index is 0.00555. The highest BCUT2D eigenvalue weighted by Crippen LogP contribution is 2.36. The van der Waals surface area contributed by atoms with Crippen LogP contribution in [0.25, 0.3) is 0 Å². The van der Waals surface area contributed by atoms with Gasteiger partial charge in [-0.25, -0.2) is 19.2 Å². The maximum atomic E-state index is 13.1. The molecule has 4 aromatic rings. The van der Waals surface area contributed by atoms with Crippen LogP contribution in [-0.2, 0) is 23.7 Å². The van der Waals surface area contributed by atoms with E-state index in [-0.39, 0.29) is 22.3 Å². The van der Waals surface area contributed by atoms with E-state index in [1.807, 2.05) is 0 Å². The van der Waals surface area contributed by atoms with Gasteiger partial charge >= 0.3 is 23.9 Å². The maximum Gasteiger partial charge on any atom is 0.340 e. The summed E-state index contributed by atoms with van der Waals surface area (Å²) in [4.78, 5) is 67.1. The van der Waals surface area contributed by atoms with Gasteiger partial charge in [0.25, 0.3) is 0 Å². The number of hydrogen-bond donors (Lipinski definition) is 1. The summed E-state index contributed by atoms with van der Waals surface area (Å²) in [7, 11) is 0. The molecule has 4 atom stereocenters. The van der Waals surface area contributed by atoms with E-state index in [4.69, 9.17) is 23.7 Å². The molecule has 0 aliphatic carbocycles. The van der Waals surface area contributed by atoms with Crippen LogP contribution in [0.1, 0.15) is 41.4 Å². The molecule has 0 saturated carbocycles. The number of rotatable bonds is 10. The van der Waals surface area contributed by atoms with Crippen molar-refractivity contribution in [1.82, 2.24) is 19.9 Å². The summed E-state index contributed by atoms with van der Waals surface area (Å²) < 4.78 is 27.8. The standard InChI is InChI=1S/C30H24N4O10/c35-26(19-5-1-9-31-13-19)40-17-23-24(42-28(37)21-7-3-11-33-15-21)25(43-29(38)22-8-4-12-34-16-22)30(39,44-23)18-41-27(36)20-6-2-10-32-14-20/h1-16,23-25,39H,17-18H2/t23-,24-,25+,30+/m0/s1. The number of hydrogen-bond acceptors (Lipinski definition) is 14. The van der Waals surface area contributed by atoms with Crippen LogP contribution in [0.2, 0.25) is 0 Å². The highest BCUT2D eigenvalue weighted by atomic mass is 16.7. The second-order valence-electron chi connectivity index (χ2n) is 9.34. The van der Waals surface area contributed by atoms with Gasteiger partial charge in [-0.2, -0.15) is 0 Å². The van der Waals surface area contributed by atoms with Crippen molar-refractivity contribution in [3.63, 3.8) is 0 Å². The topological polar surface area (TPSA) is 186 Å². The number of aliphatic hydroxyl groups is 1. The molecule has 1 saturated heterocycles. The van der Waals surface area contributed by atoms with Crippen LogP contribution in [0.3, 0.4) is 0 Å². The highest BCUT2D eigenvalue weighted by Gasteiger charge is 2.60. The lowest BCUT2D eigenvalue weighted by Crippen LogP contribution is -2.51. The van der Waals surface area contributed by atoms with E-state index in [9.17, 15) is 24.3 Å². The van der Waals surface area contributed by atoms with E-state index in [0.29, 0.717) is 0 Å². The van der Waals surface area contributed by atoms with Gasteiger partial charge in [0, 0.05) is 49.6 Å². The Hall–Kier alpha value is -5.60. The zero-order chi connectivity index (χ0) is 30.9. The van der Waals surface area contributed by atoms with E-state index in [1.54, 1.807) is 0 Å². The first-order chi connectivity index (χ1) is 21.3. The largest absolute Gasteiger partial charge is 0.459 e. The zero-order valence-electron chi connectivity index (χ0n) is 22.8. The van der Waals surface area contributed by atoms with Crippen LogP contribution < -0.4 is 0 Å². The van der Waals surface area contributed by atoms with E-state index in [2.05, 4.69) is 19.9 Å². The molecule has 0 amide bonds. The summed E-state index contributed by atoms with van der Waals surface area (Å²) in [5.74, 6) is -6.10. The van der Waals surface area contributed by atoms with Gasteiger partial charge in [0.2, 0.25) is 5.79 Å². The van der Waals surface area contributed by atoms with Gasteiger partial charge < -0.3 is 28.8 Å². The third-order valence-corrected chi connectivity index (χ3v) is 6.32. The second-order valence-corrected chi connectivity index (χ2v) is 9.34. The van der Waals surface area contributed by atoms with Crippen LogP contribution in [0.15, 0.2) is 98.1 Å². The van der Waals surface area contributed by atoms with Crippen molar-refractivity contribution in [1.29, 1.82) is 0 Å². The molecule has 1 N–H and O–H groups in total. The summed E-state index contributed by atoms with van der Waals surface area (Å²) in [6.07, 6.45) is 6.08. The fraction of sp³-hybridized carbons (Fsp3) is 0.200. The molecule has 1 fully saturated rings. The number of ether oxygens (including phenoxy) is 5. The fourth-order valence-electron chi connectivity index (χ4n) is 4.19. The Bertz CT molecular complexity index is 1600. The summed E-state index contributed by atoms with van der Waals surface area (Å²) in [5, 5.41) is 11.7. The Kier molecular flexibility index (Phi) is 9.22. The highest BCUT2D eigenvalue weighted by molar-refractivity contribution is 5.91. The predicted octanol–water partition coefficient (Wildman–Crippen LogP) is 1.82. The Morgan fingerprint density at radius 1 is 0.659 bits per heavy atom. The predicted molar refractivity (Wildman–Crippen MR) is 146 cm³/mol. The quantitative estimate of drug-likeness (QED) is 0.205. The van der Waals surface area contributed by atoms with Gasteiger partial charge in [-0.15, -0.1) is 0 Å². The summed E-state index contributed by atoms with van der Waals surface area (Å²) in [6, 6.07) is 11.8. The molecule has 0 radical (unpaired) electrons. The summed E-state index contributed by atoms with van der Waals surface area (Å²) in [5.41, 5.74) is 0.231. The molecule has 14 heteroatoms. The third kappa shape index (κ3) is 7.06. The first-order valence-electron chi connectivity index (χ1n) is 13.1. The Morgan fingerprint density at radius 2 is 1.09 bits per heavy atom. The average Bonchev–Trinajstić information content (AvgIpc) is 3.33. The number of pyridine rings is 4. The summed E-state index contributed by atoms with van der Waals surface area (Å²) >= 11 is 0. The van der Waals surface area contributed by atoms with Gasteiger partial charge in [0.1, 0.15) is 19.3 Å². The number of esters is 4. The lowest BCUT2D eigenvalue weighted by atomic mass is 10.0. The Labute approximate surface area is 249 Å². The van der Waals surface area contributed by atoms with Crippen molar-refractivity contribution < 1.29 is 48.0 Å². The van der Waals surface area contributed by atoms with Crippen molar-refractivity contribution in [2.75, 3.05) is 13.2 Å². The van der Waals surface area contributed by atoms with Crippen LogP contribution in [0.4, 0.5) is 0 Å². The molecule has 5 heterocycles. The molecule has 0 aromatic carbocycles. The number of nitrogens with zero attached hydrogens (tertiary/aromatic N) is 4. The van der Waals surface area contributed by atoms with Gasteiger partial charge in [-0.1, -0.05) is 0 Å². The first-order valence-corrected chi connectivity index (χ1v) is 13.1. The van der Waals surface area contributed by atoms with Gasteiger partial charge in [-0.3, -0.25) is 19.9 Å². The Balaban J connectivity index is 1.44. The first kappa shape index (κ1) is 29.9. The van der Waals surface area contributed by atoms with E-state index in [0.717, 1.165) is 0 Å². The maximum absolute atomic E-state index is 13.1. The van der Waals surface area contributed by atoms with E-state index < -0.39 is 61.2 Å². The molecule has 1 aliphatic rings. The van der Waals surface area contributed by atoms with Crippen molar-refractivity contribution in [3.05, 3.63) is 120 Å². The van der Waals surface area contributed by atoms with Crippen LogP contribution in [0.5, 0.6) is 0 Å². The number of carbonyl (C=O) groups is 4. The van der Waals surface area contributed by atoms with Crippen molar-refractivity contribution >= 4 is 23.9 Å². The smallest absolute Gasteiger partial charge is 0.340 e. The molecule has 224 valence electrons. The van der Waals surface area contributed by atoms with Gasteiger partial charge in [0.15, 0.2) is 12.2 Å². The van der Waals surface area contributed by atoms with Crippen molar-refractivity contribution in [2.24, 2.45) is 0 Å². The zero-order valence-corrected chi connectivity index (χ0v) is 22.8. The Morgan fingerprint density at radius 3 is 1.55 bits per heavy atom. The molecule has 0 unspecified atom stereocenters. The molecule has 0 spiro atoms. The normalized spacial score (nSPS) is 20.7. The number of carbonyl (C=O) groups excluding carboxylic acids is 4. The SMILES string of the molecule is O=C(OC[C@@H]1O[C@](O)(COC(=O)c2cccnc2)[C@H](OC(=O)c2cccnc2)[C@H]1OC(=O)c1cccnc1)c1cccnc1. The third-order valence-electron chi connectivity index (χ3n) is 6.32. The molecule has 14 nitrogen and oxygen atoms in total. The van der Waals surface area contributed by atoms with Crippen LogP contribution in [0, 0.1) is 0 Å². The van der Waals surface area contributed by atoms with Crippen LogP contribution in [-0.4, -0.2) is 86.2 Å². The monoisotopic (exact) mass is 600 g/mol. The minimum Gasteiger partial charge on any atom is -0.459 e. The molecule has 5 rings (SSSR count). The van der Waals surface area contributed by atoms with E-state index in [1.165, 1.54) is 98.1 Å². The fourth-order valence-corrected chi connectivity index (χ4v) is 4.19. The van der Waals surface area contributed by atoms with Crippen molar-refractivity contribution in [2.45, 2.75) is 24.1 Å². The van der Waals surface area contributed by atoms with Gasteiger partial charge in [0.05, 0.1) is 22.3 Å². The lowest BCUT2D eigenvalue weighted by Gasteiger charge is -2.29.